The molecule has 1 aliphatic heterocycles. The molecule has 0 aliphatic carbocycles. The van der Waals surface area contributed by atoms with Crippen LogP contribution in [0.5, 0.6) is 11.5 Å². The number of methoxy groups -OCH3 is 2. The van der Waals surface area contributed by atoms with Gasteiger partial charge in [-0.05, 0) is 53.9 Å². The zero-order valence-electron chi connectivity index (χ0n) is 16.8. The highest BCUT2D eigenvalue weighted by Crippen LogP contribution is 2.43. The second kappa shape index (κ2) is 7.69. The van der Waals surface area contributed by atoms with Crippen LogP contribution in [0.3, 0.4) is 0 Å². The van der Waals surface area contributed by atoms with Gasteiger partial charge in [-0.15, -0.1) is 0 Å². The Morgan fingerprint density at radius 1 is 0.933 bits per heavy atom. The largest absolute Gasteiger partial charge is 0.493 e. The summed E-state index contributed by atoms with van der Waals surface area (Å²) in [5, 5.41) is 3.65. The van der Waals surface area contributed by atoms with Gasteiger partial charge in [-0.3, -0.25) is 0 Å². The van der Waals surface area contributed by atoms with E-state index in [9.17, 15) is 0 Å². The predicted molar refractivity (Wildman–Crippen MR) is 123 cm³/mol. The highest BCUT2D eigenvalue weighted by Gasteiger charge is 2.31. The van der Waals surface area contributed by atoms with Crippen LogP contribution in [0.1, 0.15) is 29.6 Å². The van der Waals surface area contributed by atoms with E-state index in [0.717, 1.165) is 39.4 Å². The molecule has 0 amide bonds. The van der Waals surface area contributed by atoms with Gasteiger partial charge in [-0.1, -0.05) is 46.3 Å². The number of fused-ring (bicyclic) bond motifs is 3. The first-order chi connectivity index (χ1) is 14.7. The molecule has 0 fully saturated rings. The maximum atomic E-state index is 5.58. The monoisotopic (exact) mass is 463 g/mol. The minimum Gasteiger partial charge on any atom is -0.493 e. The van der Waals surface area contributed by atoms with E-state index in [4.69, 9.17) is 14.5 Å². The van der Waals surface area contributed by atoms with E-state index in [-0.39, 0.29) is 12.1 Å². The smallest absolute Gasteiger partial charge is 0.204 e. The number of benzene rings is 3. The average molecular weight is 464 g/mol. The maximum Gasteiger partial charge on any atom is 0.204 e. The number of rotatable bonds is 4. The topological polar surface area (TPSA) is 48.3 Å². The first-order valence-electron chi connectivity index (χ1n) is 9.89. The molecule has 4 aromatic rings. The third kappa shape index (κ3) is 3.21. The Balaban J connectivity index is 1.65. The van der Waals surface area contributed by atoms with E-state index in [1.54, 1.807) is 14.2 Å². The Morgan fingerprint density at radius 2 is 1.67 bits per heavy atom. The van der Waals surface area contributed by atoms with E-state index in [1.165, 1.54) is 11.1 Å². The maximum absolute atomic E-state index is 5.58. The second-order valence-corrected chi connectivity index (χ2v) is 8.32. The number of imidazole rings is 1. The fourth-order valence-corrected chi connectivity index (χ4v) is 4.53. The molecule has 5 rings (SSSR count). The molecule has 0 bridgehead atoms. The van der Waals surface area contributed by atoms with Crippen molar-refractivity contribution in [2.24, 2.45) is 0 Å². The molecular weight excluding hydrogens is 442 g/mol. The van der Waals surface area contributed by atoms with Crippen LogP contribution in [0.15, 0.2) is 71.2 Å². The van der Waals surface area contributed by atoms with Crippen LogP contribution in [-0.2, 0) is 0 Å². The second-order valence-electron chi connectivity index (χ2n) is 7.41. The third-order valence-corrected chi connectivity index (χ3v) is 6.26. The summed E-state index contributed by atoms with van der Waals surface area (Å²) in [6.07, 6.45) is 0.893. The molecule has 1 aliphatic rings. The van der Waals surface area contributed by atoms with Crippen molar-refractivity contribution in [2.45, 2.75) is 18.5 Å². The van der Waals surface area contributed by atoms with Crippen LogP contribution in [0.25, 0.3) is 11.0 Å². The number of nitrogens with zero attached hydrogens (tertiary/aromatic N) is 2. The molecule has 0 unspecified atom stereocenters. The van der Waals surface area contributed by atoms with Crippen LogP contribution in [0.2, 0.25) is 0 Å². The number of halogens is 1. The third-order valence-electron chi connectivity index (χ3n) is 5.73. The standard InChI is InChI=1S/C24H22BrN3O2/c1-29-22-12-9-16(13-23(22)30-2)21-14-19(15-7-10-17(25)11-8-15)27-24-26-18-5-3-4-6-20(18)28(21)24/h3-13,19,21H,14H2,1-2H3,(H,26,27)/t19-,21-/m1/s1. The molecule has 2 atom stereocenters. The number of hydrogen-bond acceptors (Lipinski definition) is 4. The van der Waals surface area contributed by atoms with Gasteiger partial charge in [0.2, 0.25) is 5.95 Å². The number of nitrogens with one attached hydrogen (secondary N) is 1. The average Bonchev–Trinajstić information content (AvgIpc) is 3.17. The zero-order chi connectivity index (χ0) is 20.7. The minimum absolute atomic E-state index is 0.113. The molecule has 0 saturated carbocycles. The summed E-state index contributed by atoms with van der Waals surface area (Å²) < 4.78 is 14.4. The van der Waals surface area contributed by atoms with Gasteiger partial charge in [-0.2, -0.15) is 0 Å². The molecule has 1 N–H and O–H groups in total. The van der Waals surface area contributed by atoms with Crippen LogP contribution in [0.4, 0.5) is 5.95 Å². The molecule has 0 radical (unpaired) electrons. The van der Waals surface area contributed by atoms with Crippen molar-refractivity contribution in [1.82, 2.24) is 9.55 Å². The Morgan fingerprint density at radius 3 is 2.43 bits per heavy atom. The lowest BCUT2D eigenvalue weighted by Crippen LogP contribution is -2.27. The van der Waals surface area contributed by atoms with Crippen molar-refractivity contribution in [1.29, 1.82) is 0 Å². The lowest BCUT2D eigenvalue weighted by molar-refractivity contribution is 0.353. The van der Waals surface area contributed by atoms with Crippen molar-refractivity contribution in [3.8, 4) is 11.5 Å². The van der Waals surface area contributed by atoms with Crippen molar-refractivity contribution in [2.75, 3.05) is 19.5 Å². The summed E-state index contributed by atoms with van der Waals surface area (Å²) >= 11 is 3.53. The van der Waals surface area contributed by atoms with Crippen molar-refractivity contribution >= 4 is 32.9 Å². The number of hydrogen-bond donors (Lipinski definition) is 1. The molecular formula is C24H22BrN3O2. The Labute approximate surface area is 183 Å². The minimum atomic E-state index is 0.113. The van der Waals surface area contributed by atoms with Crippen LogP contribution in [-0.4, -0.2) is 23.8 Å². The number of anilines is 1. The molecule has 1 aromatic heterocycles. The van der Waals surface area contributed by atoms with E-state index in [2.05, 4.69) is 80.4 Å². The Hall–Kier alpha value is -2.99. The Bertz CT molecular complexity index is 1200. The quantitative estimate of drug-likeness (QED) is 0.405. The first kappa shape index (κ1) is 19.0. The van der Waals surface area contributed by atoms with Gasteiger partial charge < -0.3 is 19.4 Å². The molecule has 0 saturated heterocycles. The van der Waals surface area contributed by atoms with Gasteiger partial charge in [0.05, 0.1) is 37.3 Å². The number of ether oxygens (including phenoxy) is 2. The molecule has 152 valence electrons. The van der Waals surface area contributed by atoms with Gasteiger partial charge in [0, 0.05) is 4.47 Å². The van der Waals surface area contributed by atoms with Crippen LogP contribution < -0.4 is 14.8 Å². The fraction of sp³-hybridized carbons (Fsp3) is 0.208. The van der Waals surface area contributed by atoms with Gasteiger partial charge in [-0.25, -0.2) is 4.98 Å². The lowest BCUT2D eigenvalue weighted by Gasteiger charge is -2.33. The summed E-state index contributed by atoms with van der Waals surface area (Å²) in [4.78, 5) is 4.89. The number of para-hydroxylation sites is 2. The molecule has 2 heterocycles. The van der Waals surface area contributed by atoms with Gasteiger partial charge in [0.25, 0.3) is 0 Å². The normalized spacial score (nSPS) is 18.0. The first-order valence-corrected chi connectivity index (χ1v) is 10.7. The highest BCUT2D eigenvalue weighted by molar-refractivity contribution is 9.10. The lowest BCUT2D eigenvalue weighted by atomic mass is 9.92. The Kier molecular flexibility index (Phi) is 4.87. The fourth-order valence-electron chi connectivity index (χ4n) is 4.26. The summed E-state index contributed by atoms with van der Waals surface area (Å²) in [6.45, 7) is 0. The summed E-state index contributed by atoms with van der Waals surface area (Å²) in [5.41, 5.74) is 4.51. The van der Waals surface area contributed by atoms with Gasteiger partial charge in [0.15, 0.2) is 11.5 Å². The van der Waals surface area contributed by atoms with Crippen molar-refractivity contribution in [3.63, 3.8) is 0 Å². The number of aromatic nitrogens is 2. The zero-order valence-corrected chi connectivity index (χ0v) is 18.4. The van der Waals surface area contributed by atoms with Crippen molar-refractivity contribution < 1.29 is 9.47 Å². The summed E-state index contributed by atoms with van der Waals surface area (Å²) in [5.74, 6) is 2.35. The van der Waals surface area contributed by atoms with E-state index in [1.807, 2.05) is 12.1 Å². The predicted octanol–water partition coefficient (Wildman–Crippen LogP) is 5.96. The summed E-state index contributed by atoms with van der Waals surface area (Å²) in [7, 11) is 3.33. The van der Waals surface area contributed by atoms with E-state index < -0.39 is 0 Å². The van der Waals surface area contributed by atoms with E-state index >= 15 is 0 Å². The van der Waals surface area contributed by atoms with Crippen LogP contribution in [0, 0.1) is 0 Å². The van der Waals surface area contributed by atoms with Crippen molar-refractivity contribution in [3.05, 3.63) is 82.3 Å². The molecule has 5 nitrogen and oxygen atoms in total. The molecule has 30 heavy (non-hydrogen) atoms. The van der Waals surface area contributed by atoms with E-state index in [0.29, 0.717) is 0 Å². The van der Waals surface area contributed by atoms with Gasteiger partial charge in [0.1, 0.15) is 0 Å². The van der Waals surface area contributed by atoms with Gasteiger partial charge >= 0.3 is 0 Å². The SMILES string of the molecule is COc1ccc([C@H]2C[C@H](c3ccc(Br)cc3)Nc3nc4ccccc4n32)cc1OC. The summed E-state index contributed by atoms with van der Waals surface area (Å²) in [6, 6.07) is 23.2. The molecule has 0 spiro atoms. The van der Waals surface area contributed by atoms with Crippen LogP contribution >= 0.6 is 15.9 Å². The molecule has 3 aromatic carbocycles. The molecule has 6 heteroatoms. The highest BCUT2D eigenvalue weighted by atomic mass is 79.9.